The summed E-state index contributed by atoms with van der Waals surface area (Å²) in [6, 6.07) is 2.77. The lowest BCUT2D eigenvalue weighted by molar-refractivity contribution is -0.141. The van der Waals surface area contributed by atoms with E-state index in [2.05, 4.69) is 10.2 Å². The second-order valence-corrected chi connectivity index (χ2v) is 10.2. The first kappa shape index (κ1) is 31.9. The second kappa shape index (κ2) is 14.0. The molecule has 1 unspecified atom stereocenters. The number of amides is 3. The average molecular weight is 611 g/mol. The zero-order valence-corrected chi connectivity index (χ0v) is 23.5. The van der Waals surface area contributed by atoms with E-state index in [0.29, 0.717) is 50.9 Å². The number of urea groups is 1. The number of hydrazine groups is 1. The number of carbonyl (C=O) groups is 3. The van der Waals surface area contributed by atoms with E-state index in [1.54, 1.807) is 0 Å². The Balaban J connectivity index is 1.49. The molecule has 14 heteroatoms. The molecule has 0 aromatic heterocycles. The number of esters is 1. The Labute approximate surface area is 244 Å². The zero-order chi connectivity index (χ0) is 31.3. The van der Waals surface area contributed by atoms with Gasteiger partial charge in [0.2, 0.25) is 6.41 Å². The summed E-state index contributed by atoms with van der Waals surface area (Å²) in [4.78, 5) is 40.5. The summed E-state index contributed by atoms with van der Waals surface area (Å²) in [5.41, 5.74) is 0.327. The summed E-state index contributed by atoms with van der Waals surface area (Å²) >= 11 is 0. The molecule has 2 heterocycles. The van der Waals surface area contributed by atoms with E-state index in [4.69, 9.17) is 9.47 Å². The highest BCUT2D eigenvalue weighted by Gasteiger charge is 2.42. The Bertz CT molecular complexity index is 1380. The number of carbonyl (C=O) groups excluding carboxylic acids is 3. The Morgan fingerprint density at radius 3 is 2.23 bits per heavy atom. The van der Waals surface area contributed by atoms with Crippen LogP contribution in [0.2, 0.25) is 0 Å². The van der Waals surface area contributed by atoms with Crippen LogP contribution in [0.1, 0.15) is 42.3 Å². The first-order valence-electron chi connectivity index (χ1n) is 13.5. The highest BCUT2D eigenvalue weighted by molar-refractivity contribution is 5.95. The van der Waals surface area contributed by atoms with Crippen LogP contribution in [0.5, 0.6) is 0 Å². The Hall–Kier alpha value is -4.04. The van der Waals surface area contributed by atoms with Gasteiger partial charge in [0.05, 0.1) is 25.0 Å². The fourth-order valence-electron chi connectivity index (χ4n) is 5.48. The molecule has 1 saturated heterocycles. The molecule has 1 atom stereocenters. The van der Waals surface area contributed by atoms with Crippen molar-refractivity contribution in [3.8, 4) is 0 Å². The van der Waals surface area contributed by atoms with Crippen LogP contribution < -0.4 is 5.32 Å². The predicted molar refractivity (Wildman–Crippen MR) is 143 cm³/mol. The topological polar surface area (TPSA) is 91.4 Å². The normalized spacial score (nSPS) is 18.1. The molecule has 2 aliphatic rings. The van der Waals surface area contributed by atoms with Gasteiger partial charge in [0.15, 0.2) is 29.1 Å². The number of ether oxygens (including phenoxy) is 2. The lowest BCUT2D eigenvalue weighted by atomic mass is 9.89. The van der Waals surface area contributed by atoms with Crippen LogP contribution in [0.4, 0.5) is 26.7 Å². The van der Waals surface area contributed by atoms with Crippen molar-refractivity contribution in [3.63, 3.8) is 0 Å². The molecule has 2 aliphatic heterocycles. The van der Waals surface area contributed by atoms with Crippen molar-refractivity contribution in [1.82, 2.24) is 20.2 Å². The molecule has 232 valence electrons. The minimum absolute atomic E-state index is 0.0134. The van der Waals surface area contributed by atoms with E-state index >= 15 is 0 Å². The fourth-order valence-corrected chi connectivity index (χ4v) is 5.48. The van der Waals surface area contributed by atoms with Crippen LogP contribution in [-0.2, 0) is 19.1 Å². The van der Waals surface area contributed by atoms with Crippen molar-refractivity contribution >= 4 is 18.4 Å². The van der Waals surface area contributed by atoms with Gasteiger partial charge >= 0.3 is 12.0 Å². The van der Waals surface area contributed by atoms with E-state index in [1.165, 1.54) is 13.2 Å². The van der Waals surface area contributed by atoms with Crippen molar-refractivity contribution in [2.75, 3.05) is 47.0 Å². The smallest absolute Gasteiger partial charge is 0.341 e. The summed E-state index contributed by atoms with van der Waals surface area (Å²) < 4.78 is 78.8. The molecule has 4 rings (SSSR count). The van der Waals surface area contributed by atoms with Crippen LogP contribution in [0.25, 0.3) is 0 Å². The number of nitrogens with zero attached hydrogens (tertiary/aromatic N) is 3. The lowest BCUT2D eigenvalue weighted by Crippen LogP contribution is -2.57. The third kappa shape index (κ3) is 6.96. The maximum atomic E-state index is 14.3. The van der Waals surface area contributed by atoms with Gasteiger partial charge < -0.3 is 19.7 Å². The van der Waals surface area contributed by atoms with Gasteiger partial charge in [0.1, 0.15) is 6.04 Å². The number of piperidine rings is 1. The average Bonchev–Trinajstić information content (AvgIpc) is 2.99. The summed E-state index contributed by atoms with van der Waals surface area (Å²) in [7, 11) is 2.45. The highest BCUT2D eigenvalue weighted by Crippen LogP contribution is 2.36. The minimum atomic E-state index is -1.50. The van der Waals surface area contributed by atoms with Gasteiger partial charge in [0, 0.05) is 13.7 Å². The number of likely N-dealkylation sites (tertiary alicyclic amines) is 1. The van der Waals surface area contributed by atoms with E-state index in [-0.39, 0.29) is 35.9 Å². The van der Waals surface area contributed by atoms with Crippen molar-refractivity contribution < 1.29 is 45.8 Å². The summed E-state index contributed by atoms with van der Waals surface area (Å²) in [5, 5.41) is 4.53. The van der Waals surface area contributed by atoms with Crippen molar-refractivity contribution in [2.24, 2.45) is 0 Å². The predicted octanol–water partition coefficient (Wildman–Crippen LogP) is 4.17. The highest BCUT2D eigenvalue weighted by atomic mass is 19.2. The number of nitrogens with one attached hydrogen (secondary N) is 1. The van der Waals surface area contributed by atoms with Gasteiger partial charge in [-0.2, -0.15) is 0 Å². The molecule has 0 bridgehead atoms. The molecular weight excluding hydrogens is 579 g/mol. The van der Waals surface area contributed by atoms with E-state index in [0.717, 1.165) is 41.4 Å². The number of benzene rings is 2. The monoisotopic (exact) mass is 610 g/mol. The molecule has 0 aliphatic carbocycles. The van der Waals surface area contributed by atoms with Gasteiger partial charge in [-0.05, 0) is 80.2 Å². The molecule has 2 aromatic carbocycles. The van der Waals surface area contributed by atoms with Crippen molar-refractivity contribution in [3.05, 3.63) is 81.8 Å². The third-order valence-electron chi connectivity index (χ3n) is 7.59. The molecule has 0 spiro atoms. The van der Waals surface area contributed by atoms with Crippen LogP contribution >= 0.6 is 0 Å². The number of hydrogen-bond acceptors (Lipinski definition) is 6. The van der Waals surface area contributed by atoms with Gasteiger partial charge in [-0.15, -0.1) is 0 Å². The summed E-state index contributed by atoms with van der Waals surface area (Å²) in [5.74, 6) is -7.33. The van der Waals surface area contributed by atoms with Crippen LogP contribution in [-0.4, -0.2) is 80.3 Å². The lowest BCUT2D eigenvalue weighted by Gasteiger charge is -2.42. The van der Waals surface area contributed by atoms with Crippen LogP contribution in [0.15, 0.2) is 41.6 Å². The number of halogens is 5. The molecule has 1 fully saturated rings. The number of methoxy groups -OCH3 is 2. The van der Waals surface area contributed by atoms with Crippen molar-refractivity contribution in [2.45, 2.75) is 31.2 Å². The summed E-state index contributed by atoms with van der Waals surface area (Å²) in [6.07, 6.45) is 1.92. The van der Waals surface area contributed by atoms with E-state index in [9.17, 15) is 36.3 Å². The quantitative estimate of drug-likeness (QED) is 0.178. The SMILES string of the molecule is COCC1=C(C(=O)OC)C(c2ccc(F)c(F)c2)N(N(C=O)CCCN2CCC(c3cc(F)c(F)c(F)c3)CC2)C(=O)N1. The molecule has 3 amide bonds. The Kier molecular flexibility index (Phi) is 10.3. The molecule has 0 saturated carbocycles. The first-order chi connectivity index (χ1) is 20.6. The zero-order valence-electron chi connectivity index (χ0n) is 23.5. The van der Waals surface area contributed by atoms with Crippen LogP contribution in [0.3, 0.4) is 0 Å². The van der Waals surface area contributed by atoms with E-state index in [1.807, 2.05) is 0 Å². The van der Waals surface area contributed by atoms with E-state index < -0.39 is 47.1 Å². The molecule has 9 nitrogen and oxygen atoms in total. The Morgan fingerprint density at radius 2 is 1.65 bits per heavy atom. The first-order valence-corrected chi connectivity index (χ1v) is 13.5. The van der Waals surface area contributed by atoms with Gasteiger partial charge in [-0.25, -0.2) is 36.6 Å². The largest absolute Gasteiger partial charge is 0.466 e. The van der Waals surface area contributed by atoms with Crippen LogP contribution in [0, 0.1) is 29.1 Å². The minimum Gasteiger partial charge on any atom is -0.466 e. The molecule has 0 radical (unpaired) electrons. The molecule has 43 heavy (non-hydrogen) atoms. The molecule has 2 aromatic rings. The summed E-state index contributed by atoms with van der Waals surface area (Å²) in [6.45, 7) is 1.44. The molecular formula is C29H31F5N4O5. The number of hydrogen-bond donors (Lipinski definition) is 1. The maximum Gasteiger partial charge on any atom is 0.341 e. The standard InChI is InChI=1S/C29H31F5N4O5/c1-42-15-24-25(28(40)43-2)27(18-4-5-20(30)21(31)12-18)38(29(41)35-24)37(16-39)9-3-8-36-10-6-17(7-11-36)19-13-22(32)26(34)23(33)14-19/h4-5,12-14,16-17,27H,3,6-11,15H2,1-2H3,(H,35,41). The number of rotatable bonds is 11. The van der Waals surface area contributed by atoms with Gasteiger partial charge in [-0.1, -0.05) is 6.07 Å². The molecule has 1 N–H and O–H groups in total. The fraction of sp³-hybridized carbons (Fsp3) is 0.414. The van der Waals surface area contributed by atoms with Crippen molar-refractivity contribution in [1.29, 1.82) is 0 Å². The van der Waals surface area contributed by atoms with Gasteiger partial charge in [-0.3, -0.25) is 9.80 Å². The Morgan fingerprint density at radius 1 is 1.00 bits per heavy atom. The third-order valence-corrected chi connectivity index (χ3v) is 7.59. The second-order valence-electron chi connectivity index (χ2n) is 10.2. The van der Waals surface area contributed by atoms with Gasteiger partial charge in [0.25, 0.3) is 0 Å². The maximum absolute atomic E-state index is 14.3.